The number of hydrogen-bond donors (Lipinski definition) is 1. The fourth-order valence-electron chi connectivity index (χ4n) is 2.95. The van der Waals surface area contributed by atoms with Crippen LogP contribution in [0, 0.1) is 10.1 Å². The van der Waals surface area contributed by atoms with Gasteiger partial charge in [0, 0.05) is 24.8 Å². The molecule has 0 spiro atoms. The number of fused-ring (bicyclic) bond motifs is 1. The van der Waals surface area contributed by atoms with E-state index in [0.29, 0.717) is 18.9 Å². The molecule has 9 nitrogen and oxygen atoms in total. The van der Waals surface area contributed by atoms with Crippen molar-refractivity contribution in [2.45, 2.75) is 0 Å². The van der Waals surface area contributed by atoms with Crippen molar-refractivity contribution in [3.05, 3.63) is 52.6 Å². The maximum absolute atomic E-state index is 12.2. The van der Waals surface area contributed by atoms with Crippen LogP contribution >= 0.6 is 11.3 Å². The van der Waals surface area contributed by atoms with Gasteiger partial charge in [-0.2, -0.15) is 0 Å². The number of carbonyl (C=O) groups is 1. The SMILES string of the molecule is O=C(COc1ccccc1[N+](=O)[O-])Nc1ccc2nc(N3CCOCC3)sc2c1. The number of carbonyl (C=O) groups excluding carboxylic acids is 1. The molecule has 10 heteroatoms. The summed E-state index contributed by atoms with van der Waals surface area (Å²) in [6.45, 7) is 2.68. The second-order valence-electron chi connectivity index (χ2n) is 6.34. The molecule has 1 N–H and O–H groups in total. The molecular formula is C19H18N4O5S. The van der Waals surface area contributed by atoms with Crippen LogP contribution in [0.25, 0.3) is 10.2 Å². The van der Waals surface area contributed by atoms with Gasteiger partial charge in [0.1, 0.15) is 0 Å². The third-order valence-electron chi connectivity index (χ3n) is 4.36. The summed E-state index contributed by atoms with van der Waals surface area (Å²) in [6, 6.07) is 11.4. The maximum atomic E-state index is 12.2. The summed E-state index contributed by atoms with van der Waals surface area (Å²) in [5.41, 5.74) is 1.30. The quantitative estimate of drug-likeness (QED) is 0.488. The van der Waals surface area contributed by atoms with E-state index in [9.17, 15) is 14.9 Å². The van der Waals surface area contributed by atoms with Crippen LogP contribution in [0.5, 0.6) is 5.75 Å². The molecule has 2 aromatic carbocycles. The Hall–Kier alpha value is -3.24. The number of anilines is 2. The van der Waals surface area contributed by atoms with Gasteiger partial charge in [-0.1, -0.05) is 23.5 Å². The van der Waals surface area contributed by atoms with Crippen LogP contribution in [0.15, 0.2) is 42.5 Å². The van der Waals surface area contributed by atoms with Crippen molar-refractivity contribution in [3.8, 4) is 5.75 Å². The number of benzene rings is 2. The van der Waals surface area contributed by atoms with Gasteiger partial charge in [0.05, 0.1) is 28.4 Å². The number of amides is 1. The molecule has 4 rings (SSSR count). The number of nitro groups is 1. The lowest BCUT2D eigenvalue weighted by atomic mass is 10.3. The molecule has 0 radical (unpaired) electrons. The van der Waals surface area contributed by atoms with Gasteiger partial charge in [-0.15, -0.1) is 0 Å². The summed E-state index contributed by atoms with van der Waals surface area (Å²) in [5, 5.41) is 14.7. The van der Waals surface area contributed by atoms with Crippen molar-refractivity contribution in [2.24, 2.45) is 0 Å². The number of para-hydroxylation sites is 2. The van der Waals surface area contributed by atoms with Gasteiger partial charge in [0.15, 0.2) is 17.5 Å². The number of nitro benzene ring substituents is 1. The third-order valence-corrected chi connectivity index (χ3v) is 5.44. The van der Waals surface area contributed by atoms with E-state index >= 15 is 0 Å². The summed E-state index contributed by atoms with van der Waals surface area (Å²) < 4.78 is 11.7. The lowest BCUT2D eigenvalue weighted by molar-refractivity contribution is -0.385. The second kappa shape index (κ2) is 8.41. The van der Waals surface area contributed by atoms with Gasteiger partial charge in [-0.25, -0.2) is 4.98 Å². The zero-order valence-corrected chi connectivity index (χ0v) is 16.2. The predicted octanol–water partition coefficient (Wildman–Crippen LogP) is 3.06. The first-order valence-electron chi connectivity index (χ1n) is 8.99. The van der Waals surface area contributed by atoms with Crippen molar-refractivity contribution in [1.82, 2.24) is 4.98 Å². The first-order chi connectivity index (χ1) is 14.1. The summed E-state index contributed by atoms with van der Waals surface area (Å²) in [5.74, 6) is -0.346. The molecular weight excluding hydrogens is 396 g/mol. The number of hydrogen-bond acceptors (Lipinski definition) is 8. The lowest BCUT2D eigenvalue weighted by Crippen LogP contribution is -2.36. The van der Waals surface area contributed by atoms with E-state index in [0.717, 1.165) is 28.4 Å². The number of morpholine rings is 1. The number of thiazole rings is 1. The molecule has 1 aliphatic heterocycles. The Balaban J connectivity index is 1.41. The first-order valence-corrected chi connectivity index (χ1v) is 9.81. The van der Waals surface area contributed by atoms with E-state index in [4.69, 9.17) is 9.47 Å². The largest absolute Gasteiger partial charge is 0.477 e. The summed E-state index contributed by atoms with van der Waals surface area (Å²) in [4.78, 5) is 29.5. The zero-order valence-electron chi connectivity index (χ0n) is 15.4. The minimum Gasteiger partial charge on any atom is -0.477 e. The lowest BCUT2D eigenvalue weighted by Gasteiger charge is -2.25. The van der Waals surface area contributed by atoms with E-state index in [1.165, 1.54) is 12.1 Å². The molecule has 1 saturated heterocycles. The van der Waals surface area contributed by atoms with Crippen LogP contribution < -0.4 is 15.0 Å². The van der Waals surface area contributed by atoms with Gasteiger partial charge in [-0.05, 0) is 24.3 Å². The summed E-state index contributed by atoms with van der Waals surface area (Å²) in [6.07, 6.45) is 0. The smallest absolute Gasteiger partial charge is 0.310 e. The number of ether oxygens (including phenoxy) is 2. The van der Waals surface area contributed by atoms with Gasteiger partial charge in [0.2, 0.25) is 0 Å². The number of rotatable bonds is 6. The summed E-state index contributed by atoms with van der Waals surface area (Å²) >= 11 is 1.56. The molecule has 1 fully saturated rings. The minimum absolute atomic E-state index is 0.0562. The Morgan fingerprint density at radius 1 is 1.28 bits per heavy atom. The van der Waals surface area contributed by atoms with Gasteiger partial charge in [0.25, 0.3) is 5.91 Å². The van der Waals surface area contributed by atoms with E-state index < -0.39 is 10.8 Å². The maximum Gasteiger partial charge on any atom is 0.310 e. The van der Waals surface area contributed by atoms with Gasteiger partial charge in [-0.3, -0.25) is 14.9 Å². The fourth-order valence-corrected chi connectivity index (χ4v) is 4.01. The molecule has 0 saturated carbocycles. The highest BCUT2D eigenvalue weighted by Gasteiger charge is 2.17. The third kappa shape index (κ3) is 4.44. The number of aromatic nitrogens is 1. The van der Waals surface area contributed by atoms with Gasteiger partial charge < -0.3 is 19.7 Å². The Labute approximate surface area is 170 Å². The fraction of sp³-hybridized carbons (Fsp3) is 0.263. The molecule has 29 heavy (non-hydrogen) atoms. The van der Waals surface area contributed by atoms with Crippen molar-refractivity contribution in [3.63, 3.8) is 0 Å². The Morgan fingerprint density at radius 3 is 2.86 bits per heavy atom. The first kappa shape index (κ1) is 19.1. The molecule has 150 valence electrons. The average Bonchev–Trinajstić information content (AvgIpc) is 3.16. The molecule has 0 bridgehead atoms. The molecule has 1 aliphatic rings. The van der Waals surface area contributed by atoms with Crippen LogP contribution in [-0.4, -0.2) is 48.7 Å². The Morgan fingerprint density at radius 2 is 2.07 bits per heavy atom. The molecule has 1 aromatic heterocycles. The zero-order chi connectivity index (χ0) is 20.2. The normalized spacial score (nSPS) is 14.0. The number of nitrogens with zero attached hydrogens (tertiary/aromatic N) is 3. The minimum atomic E-state index is -0.545. The van der Waals surface area contributed by atoms with E-state index in [1.54, 1.807) is 29.5 Å². The predicted molar refractivity (Wildman–Crippen MR) is 110 cm³/mol. The van der Waals surface area contributed by atoms with Crippen LogP contribution in [0.4, 0.5) is 16.5 Å². The van der Waals surface area contributed by atoms with Crippen LogP contribution in [0.3, 0.4) is 0 Å². The second-order valence-corrected chi connectivity index (χ2v) is 7.35. The highest BCUT2D eigenvalue weighted by molar-refractivity contribution is 7.22. The van der Waals surface area contributed by atoms with Crippen molar-refractivity contribution >= 4 is 44.0 Å². The van der Waals surface area contributed by atoms with Crippen molar-refractivity contribution in [2.75, 3.05) is 43.1 Å². The van der Waals surface area contributed by atoms with Gasteiger partial charge >= 0.3 is 5.69 Å². The molecule has 0 atom stereocenters. The van der Waals surface area contributed by atoms with E-state index in [-0.39, 0.29) is 18.0 Å². The highest BCUT2D eigenvalue weighted by atomic mass is 32.1. The van der Waals surface area contributed by atoms with Crippen molar-refractivity contribution < 1.29 is 19.2 Å². The topological polar surface area (TPSA) is 107 Å². The van der Waals surface area contributed by atoms with Crippen LogP contribution in [-0.2, 0) is 9.53 Å². The average molecular weight is 414 g/mol. The molecule has 0 unspecified atom stereocenters. The van der Waals surface area contributed by atoms with E-state index in [2.05, 4.69) is 15.2 Å². The monoisotopic (exact) mass is 414 g/mol. The highest BCUT2D eigenvalue weighted by Crippen LogP contribution is 2.31. The van der Waals surface area contributed by atoms with Crippen LogP contribution in [0.1, 0.15) is 0 Å². The molecule has 1 amide bonds. The molecule has 0 aliphatic carbocycles. The number of nitrogens with one attached hydrogen (secondary N) is 1. The summed E-state index contributed by atoms with van der Waals surface area (Å²) in [7, 11) is 0. The van der Waals surface area contributed by atoms with Crippen LogP contribution in [0.2, 0.25) is 0 Å². The Kier molecular flexibility index (Phi) is 5.54. The molecule has 2 heterocycles. The standard InChI is InChI=1S/C19H18N4O5S/c24-18(12-28-16-4-2-1-3-15(16)23(25)26)20-13-5-6-14-17(11-13)29-19(21-14)22-7-9-27-10-8-22/h1-6,11H,7-10,12H2,(H,20,24). The van der Waals surface area contributed by atoms with E-state index in [1.807, 2.05) is 12.1 Å². The van der Waals surface area contributed by atoms with Crippen molar-refractivity contribution in [1.29, 1.82) is 0 Å². The Bertz CT molecular complexity index is 1050. The molecule has 3 aromatic rings.